The van der Waals surface area contributed by atoms with Gasteiger partial charge in [0, 0.05) is 8.95 Å². The van der Waals surface area contributed by atoms with Crippen molar-refractivity contribution in [3.05, 3.63) is 62.0 Å². The Morgan fingerprint density at radius 1 is 1.12 bits per heavy atom. The normalized spacial score (nSPS) is 10.1. The molecular formula is C17H15Br3N2O3. The van der Waals surface area contributed by atoms with Crippen LogP contribution in [0.3, 0.4) is 0 Å². The van der Waals surface area contributed by atoms with E-state index in [1.165, 1.54) is 7.11 Å². The van der Waals surface area contributed by atoms with Gasteiger partial charge in [-0.05, 0) is 45.8 Å². The van der Waals surface area contributed by atoms with Crippen LogP contribution in [-0.4, -0.2) is 19.6 Å². The van der Waals surface area contributed by atoms with Gasteiger partial charge in [-0.3, -0.25) is 15.6 Å². The largest absolute Gasteiger partial charge is 0.493 e. The van der Waals surface area contributed by atoms with Crippen LogP contribution in [0.5, 0.6) is 11.5 Å². The van der Waals surface area contributed by atoms with Crippen molar-refractivity contribution in [1.82, 2.24) is 10.9 Å². The van der Waals surface area contributed by atoms with E-state index in [1.54, 1.807) is 6.07 Å². The first kappa shape index (κ1) is 19.8. The molecule has 2 N–H and O–H groups in total. The average Bonchev–Trinajstić information content (AvgIpc) is 2.58. The number of carbonyl (C=O) groups is 1. The molecule has 0 unspecified atom stereocenters. The van der Waals surface area contributed by atoms with Crippen LogP contribution in [0.15, 0.2) is 56.4 Å². The zero-order chi connectivity index (χ0) is 18.4. The van der Waals surface area contributed by atoms with Gasteiger partial charge in [0.15, 0.2) is 18.1 Å². The molecule has 0 aliphatic carbocycles. The molecule has 0 saturated heterocycles. The Balaban J connectivity index is 1.90. The Bertz CT molecular complexity index is 797. The van der Waals surface area contributed by atoms with E-state index in [4.69, 9.17) is 9.47 Å². The second kappa shape index (κ2) is 9.26. The highest BCUT2D eigenvalue weighted by molar-refractivity contribution is 9.11. The molecule has 2 aromatic rings. The molecule has 0 bridgehead atoms. The quantitative estimate of drug-likeness (QED) is 0.508. The fourth-order valence-corrected chi connectivity index (χ4v) is 3.60. The lowest BCUT2D eigenvalue weighted by molar-refractivity contribution is -0.123. The Labute approximate surface area is 171 Å². The molecule has 0 spiro atoms. The highest BCUT2D eigenvalue weighted by atomic mass is 79.9. The monoisotopic (exact) mass is 532 g/mol. The molecule has 0 saturated carbocycles. The van der Waals surface area contributed by atoms with E-state index in [2.05, 4.69) is 65.2 Å². The maximum absolute atomic E-state index is 12.0. The molecule has 0 radical (unpaired) electrons. The van der Waals surface area contributed by atoms with Gasteiger partial charge in [0.25, 0.3) is 5.91 Å². The number of hydrazine groups is 1. The number of hydrogen-bond acceptors (Lipinski definition) is 4. The topological polar surface area (TPSA) is 59.6 Å². The molecule has 2 aromatic carbocycles. The summed E-state index contributed by atoms with van der Waals surface area (Å²) in [5.74, 6) is 0.611. The number of ether oxygens (including phenoxy) is 2. The maximum atomic E-state index is 12.0. The molecule has 25 heavy (non-hydrogen) atoms. The smallest absolute Gasteiger partial charge is 0.276 e. The third kappa shape index (κ3) is 5.76. The van der Waals surface area contributed by atoms with Crippen LogP contribution in [0.2, 0.25) is 0 Å². The highest BCUT2D eigenvalue weighted by Crippen LogP contribution is 2.38. The van der Waals surface area contributed by atoms with Crippen LogP contribution in [0.4, 0.5) is 0 Å². The SMILES string of the molecule is C=C(NNC(=O)COc1c(Br)cc(Br)cc1OC)c1cccc(Br)c1. The van der Waals surface area contributed by atoms with Crippen LogP contribution in [0.25, 0.3) is 5.70 Å². The van der Waals surface area contributed by atoms with E-state index in [0.29, 0.717) is 21.7 Å². The summed E-state index contributed by atoms with van der Waals surface area (Å²) in [6.45, 7) is 3.70. The fourth-order valence-electron chi connectivity index (χ4n) is 1.90. The number of amides is 1. The van der Waals surface area contributed by atoms with Crippen LogP contribution >= 0.6 is 47.8 Å². The summed E-state index contributed by atoms with van der Waals surface area (Å²) in [6, 6.07) is 11.1. The molecule has 0 aliphatic heterocycles. The van der Waals surface area contributed by atoms with Crippen LogP contribution in [0.1, 0.15) is 5.56 Å². The summed E-state index contributed by atoms with van der Waals surface area (Å²) in [5, 5.41) is 0. The summed E-state index contributed by atoms with van der Waals surface area (Å²) < 4.78 is 13.2. The second-order valence-corrected chi connectivity index (χ2v) is 7.56. The molecule has 0 aliphatic rings. The van der Waals surface area contributed by atoms with Gasteiger partial charge >= 0.3 is 0 Å². The van der Waals surface area contributed by atoms with Gasteiger partial charge in [-0.2, -0.15) is 0 Å². The zero-order valence-electron chi connectivity index (χ0n) is 13.2. The zero-order valence-corrected chi connectivity index (χ0v) is 18.0. The number of rotatable bonds is 7. The lowest BCUT2D eigenvalue weighted by Gasteiger charge is -2.14. The van der Waals surface area contributed by atoms with Crippen molar-refractivity contribution in [2.24, 2.45) is 0 Å². The lowest BCUT2D eigenvalue weighted by Crippen LogP contribution is -2.39. The molecule has 2 rings (SSSR count). The third-order valence-electron chi connectivity index (χ3n) is 3.07. The number of halogens is 3. The van der Waals surface area contributed by atoms with E-state index in [0.717, 1.165) is 14.5 Å². The standard InChI is InChI=1S/C17H15Br3N2O3/c1-10(11-4-3-5-12(18)6-11)21-22-16(23)9-25-17-14(20)7-13(19)8-15(17)24-2/h3-8,21H,1,9H2,2H3,(H,22,23). The van der Waals surface area contributed by atoms with Gasteiger partial charge in [0.2, 0.25) is 0 Å². The molecule has 5 nitrogen and oxygen atoms in total. The number of carbonyl (C=O) groups excluding carboxylic acids is 1. The van der Waals surface area contributed by atoms with E-state index in [1.807, 2.05) is 30.3 Å². The number of methoxy groups -OCH3 is 1. The summed E-state index contributed by atoms with van der Waals surface area (Å²) >= 11 is 10.1. The van der Waals surface area contributed by atoms with Crippen molar-refractivity contribution in [2.45, 2.75) is 0 Å². The number of nitrogens with one attached hydrogen (secondary N) is 2. The Hall–Kier alpha value is -1.51. The van der Waals surface area contributed by atoms with Gasteiger partial charge < -0.3 is 9.47 Å². The molecule has 0 fully saturated rings. The number of benzene rings is 2. The minimum Gasteiger partial charge on any atom is -0.493 e. The van der Waals surface area contributed by atoms with Crippen molar-refractivity contribution in [1.29, 1.82) is 0 Å². The first-order valence-electron chi connectivity index (χ1n) is 7.06. The third-order valence-corrected chi connectivity index (χ3v) is 4.61. The maximum Gasteiger partial charge on any atom is 0.276 e. The van der Waals surface area contributed by atoms with Crippen LogP contribution in [-0.2, 0) is 4.79 Å². The molecular weight excluding hydrogens is 520 g/mol. The van der Waals surface area contributed by atoms with Gasteiger partial charge in [-0.1, -0.05) is 50.6 Å². The summed E-state index contributed by atoms with van der Waals surface area (Å²) in [4.78, 5) is 12.0. The van der Waals surface area contributed by atoms with Crippen molar-refractivity contribution >= 4 is 59.4 Å². The van der Waals surface area contributed by atoms with E-state index in [-0.39, 0.29) is 12.5 Å². The minimum atomic E-state index is -0.354. The lowest BCUT2D eigenvalue weighted by atomic mass is 10.2. The molecule has 0 atom stereocenters. The fraction of sp³-hybridized carbons (Fsp3) is 0.118. The predicted molar refractivity (Wildman–Crippen MR) is 108 cm³/mol. The van der Waals surface area contributed by atoms with Gasteiger partial charge in [0.05, 0.1) is 17.3 Å². The number of hydrogen-bond donors (Lipinski definition) is 2. The minimum absolute atomic E-state index is 0.185. The van der Waals surface area contributed by atoms with E-state index >= 15 is 0 Å². The molecule has 132 valence electrons. The van der Waals surface area contributed by atoms with Crippen molar-refractivity contribution in [3.8, 4) is 11.5 Å². The van der Waals surface area contributed by atoms with Crippen LogP contribution in [0, 0.1) is 0 Å². The van der Waals surface area contributed by atoms with Gasteiger partial charge in [-0.25, -0.2) is 0 Å². The second-order valence-electron chi connectivity index (χ2n) is 4.87. The van der Waals surface area contributed by atoms with Crippen molar-refractivity contribution in [2.75, 3.05) is 13.7 Å². The Morgan fingerprint density at radius 3 is 2.56 bits per heavy atom. The molecule has 0 aromatic heterocycles. The highest BCUT2D eigenvalue weighted by Gasteiger charge is 2.13. The van der Waals surface area contributed by atoms with Crippen molar-refractivity contribution < 1.29 is 14.3 Å². The molecule has 1 amide bonds. The summed E-state index contributed by atoms with van der Waals surface area (Å²) in [7, 11) is 1.53. The Morgan fingerprint density at radius 2 is 1.88 bits per heavy atom. The summed E-state index contributed by atoms with van der Waals surface area (Å²) in [5.41, 5.74) is 6.74. The molecule has 8 heteroatoms. The predicted octanol–water partition coefficient (Wildman–Crippen LogP) is 4.65. The Kier molecular flexibility index (Phi) is 7.34. The van der Waals surface area contributed by atoms with E-state index < -0.39 is 0 Å². The van der Waals surface area contributed by atoms with Gasteiger partial charge in [0.1, 0.15) is 0 Å². The van der Waals surface area contributed by atoms with Crippen molar-refractivity contribution in [3.63, 3.8) is 0 Å². The van der Waals surface area contributed by atoms with Gasteiger partial charge in [-0.15, -0.1) is 0 Å². The van der Waals surface area contributed by atoms with Crippen LogP contribution < -0.4 is 20.3 Å². The van der Waals surface area contributed by atoms with E-state index in [9.17, 15) is 4.79 Å². The summed E-state index contributed by atoms with van der Waals surface area (Å²) in [6.07, 6.45) is 0. The molecule has 0 heterocycles. The average molecular weight is 535 g/mol. The first-order valence-corrected chi connectivity index (χ1v) is 9.44. The first-order chi connectivity index (χ1) is 11.9.